The largest absolute Gasteiger partial charge is 0.378 e. The van der Waals surface area contributed by atoms with Gasteiger partial charge in [-0.25, -0.2) is 0 Å². The van der Waals surface area contributed by atoms with Crippen LogP contribution >= 0.6 is 35.3 Å². The number of benzene rings is 6. The summed E-state index contributed by atoms with van der Waals surface area (Å²) in [4.78, 5) is 81.2. The quantitative estimate of drug-likeness (QED) is 0.0850. The lowest BCUT2D eigenvalue weighted by Crippen LogP contribution is -2.39. The Balaban J connectivity index is 1.05. The lowest BCUT2D eigenvalue weighted by atomic mass is 9.96. The van der Waals surface area contributed by atoms with E-state index in [1.807, 2.05) is 46.2 Å². The fraction of sp³-hybridized carbons (Fsp3) is 0.276. The Morgan fingerprint density at radius 2 is 0.787 bits per heavy atom. The van der Waals surface area contributed by atoms with Gasteiger partial charge in [0.05, 0.1) is 52.9 Å². The Hall–Kier alpha value is -6.25. The van der Waals surface area contributed by atoms with Gasteiger partial charge in [-0.05, 0) is 107 Å². The van der Waals surface area contributed by atoms with Crippen molar-refractivity contribution in [2.45, 2.75) is 55.1 Å². The number of fused-ring (bicyclic) bond motifs is 4. The van der Waals surface area contributed by atoms with Crippen LogP contribution in [0.4, 0.5) is 0 Å². The Labute approximate surface area is 446 Å². The Bertz CT molecular complexity index is 3000. The van der Waals surface area contributed by atoms with Crippen LogP contribution in [0, 0.1) is 0 Å². The van der Waals surface area contributed by atoms with Gasteiger partial charge in [0.2, 0.25) is 11.8 Å². The highest BCUT2D eigenvalue weighted by atomic mass is 32.2. The summed E-state index contributed by atoms with van der Waals surface area (Å²) in [5.41, 5.74) is 9.81. The molecule has 6 heterocycles. The number of hydrogen-bond acceptors (Lipinski definition) is 15. The van der Waals surface area contributed by atoms with E-state index in [0.717, 1.165) is 85.0 Å². The van der Waals surface area contributed by atoms with Crippen LogP contribution in [-0.2, 0) is 64.3 Å². The van der Waals surface area contributed by atoms with Gasteiger partial charge in [0.25, 0.3) is 0 Å². The zero-order chi connectivity index (χ0) is 50.5. The first-order valence-corrected chi connectivity index (χ1v) is 27.6. The number of morpholine rings is 2. The van der Waals surface area contributed by atoms with Crippen molar-refractivity contribution in [3.63, 3.8) is 0 Å². The third kappa shape index (κ3) is 11.2. The van der Waals surface area contributed by atoms with Gasteiger partial charge in [0.15, 0.2) is 23.0 Å². The highest BCUT2D eigenvalue weighted by molar-refractivity contribution is 8.03. The normalized spacial score (nSPS) is 17.2. The number of rotatable bonds is 12. The molecule has 6 aromatic carbocycles. The van der Waals surface area contributed by atoms with Gasteiger partial charge in [0.1, 0.15) is 0 Å². The number of ether oxygens (including phenoxy) is 2. The standard InChI is InChI=1S/C58H52N2O12S3/c61-53(59-21-29-63-30-22-59)15-5-37-3-13-51(57(73-45-7-11-49-41(35-45)19-27-67-71-49)55(37)43-1-9-47-39(33-43)17-25-65-69-47)75-52-14-4-38(6-16-54(62)60-23-31-64-32-24-60)56(44-2-10-48-40(34-44)18-26-66-70-48)58(52)74-46-8-12-50-42(36-46)20-28-68-72-50/h1-16,33-36H,17-32H2/b15-5+,16-6+. The average molecular weight is 1070 g/mol. The van der Waals surface area contributed by atoms with Crippen molar-refractivity contribution in [3.8, 4) is 45.3 Å². The van der Waals surface area contributed by atoms with E-state index in [1.165, 1.54) is 0 Å². The zero-order valence-electron chi connectivity index (χ0n) is 40.9. The Morgan fingerprint density at radius 3 is 1.19 bits per heavy atom. The molecule has 0 radical (unpaired) electrons. The number of nitrogens with zero attached hydrogens (tertiary/aromatic N) is 2. The minimum Gasteiger partial charge on any atom is -0.378 e. The van der Waals surface area contributed by atoms with E-state index in [4.69, 9.17) is 48.6 Å². The monoisotopic (exact) mass is 1060 g/mol. The highest BCUT2D eigenvalue weighted by Gasteiger charge is 2.26. The topological polar surface area (TPSA) is 133 Å². The fourth-order valence-electron chi connectivity index (χ4n) is 9.69. The van der Waals surface area contributed by atoms with Gasteiger partial charge >= 0.3 is 0 Å². The van der Waals surface area contributed by atoms with Gasteiger partial charge in [-0.1, -0.05) is 59.6 Å². The molecule has 384 valence electrons. The second-order valence-corrected chi connectivity index (χ2v) is 21.6. The number of hydrogen-bond donors (Lipinski definition) is 0. The molecule has 6 aromatic rings. The molecule has 17 heteroatoms. The van der Waals surface area contributed by atoms with Crippen LogP contribution in [0.25, 0.3) is 34.4 Å². The first kappa shape index (κ1) is 49.6. The second-order valence-electron chi connectivity index (χ2n) is 18.4. The molecule has 0 saturated carbocycles. The Morgan fingerprint density at radius 1 is 0.413 bits per heavy atom. The summed E-state index contributed by atoms with van der Waals surface area (Å²) >= 11 is 5.02. The molecule has 0 aliphatic carbocycles. The molecule has 0 bridgehead atoms. The predicted molar refractivity (Wildman–Crippen MR) is 283 cm³/mol. The molecule has 2 amide bonds. The molecule has 14 nitrogen and oxygen atoms in total. The van der Waals surface area contributed by atoms with Crippen molar-refractivity contribution in [2.24, 2.45) is 0 Å². The number of carbonyl (C=O) groups is 2. The van der Waals surface area contributed by atoms with E-state index >= 15 is 0 Å². The molecular weight excluding hydrogens is 1010 g/mol. The van der Waals surface area contributed by atoms with Gasteiger partial charge in [-0.3, -0.25) is 9.59 Å². The fourth-order valence-corrected chi connectivity index (χ4v) is 13.2. The van der Waals surface area contributed by atoms with Gasteiger partial charge in [-0.2, -0.15) is 19.6 Å². The van der Waals surface area contributed by atoms with E-state index in [-0.39, 0.29) is 11.8 Å². The number of carbonyl (C=O) groups excluding carboxylic acids is 2. The van der Waals surface area contributed by atoms with Crippen LogP contribution < -0.4 is 19.6 Å². The molecular formula is C58H52N2O12S3. The minimum absolute atomic E-state index is 0.0673. The van der Waals surface area contributed by atoms with Gasteiger partial charge < -0.3 is 38.8 Å². The minimum atomic E-state index is -0.0673. The summed E-state index contributed by atoms with van der Waals surface area (Å²) in [6.45, 7) is 5.95. The molecule has 0 N–H and O–H groups in total. The highest BCUT2D eigenvalue weighted by Crippen LogP contribution is 2.52. The van der Waals surface area contributed by atoms with Crippen molar-refractivity contribution in [3.05, 3.63) is 143 Å². The summed E-state index contributed by atoms with van der Waals surface area (Å²) in [6.07, 6.45) is 10.0. The Kier molecular flexibility index (Phi) is 15.2. The summed E-state index contributed by atoms with van der Waals surface area (Å²) in [5, 5.41) is 0. The third-order valence-electron chi connectivity index (χ3n) is 13.6. The van der Waals surface area contributed by atoms with Crippen molar-refractivity contribution < 1.29 is 58.2 Å². The first-order valence-electron chi connectivity index (χ1n) is 25.1. The van der Waals surface area contributed by atoms with Crippen molar-refractivity contribution in [1.82, 2.24) is 9.80 Å². The van der Waals surface area contributed by atoms with Crippen LogP contribution in [-0.4, -0.2) is 101 Å². The van der Waals surface area contributed by atoms with Crippen LogP contribution in [0.5, 0.6) is 23.0 Å². The molecule has 0 spiro atoms. The molecule has 0 unspecified atom stereocenters. The van der Waals surface area contributed by atoms with Crippen LogP contribution in [0.3, 0.4) is 0 Å². The molecule has 12 rings (SSSR count). The van der Waals surface area contributed by atoms with Crippen LogP contribution in [0.15, 0.2) is 139 Å². The second kappa shape index (κ2) is 22.9. The van der Waals surface area contributed by atoms with E-state index in [0.29, 0.717) is 128 Å². The maximum Gasteiger partial charge on any atom is 0.246 e. The molecule has 6 aliphatic heterocycles. The predicted octanol–water partition coefficient (Wildman–Crippen LogP) is 10.7. The molecule has 6 aliphatic rings. The van der Waals surface area contributed by atoms with E-state index in [9.17, 15) is 9.59 Å². The maximum atomic E-state index is 13.8. The number of amides is 2. The van der Waals surface area contributed by atoms with Crippen molar-refractivity contribution in [1.29, 1.82) is 0 Å². The molecule has 0 atom stereocenters. The summed E-state index contributed by atoms with van der Waals surface area (Å²) in [7, 11) is 0. The summed E-state index contributed by atoms with van der Waals surface area (Å²) in [5.74, 6) is 2.63. The van der Waals surface area contributed by atoms with E-state index in [2.05, 4.69) is 72.8 Å². The molecule has 2 saturated heterocycles. The summed E-state index contributed by atoms with van der Waals surface area (Å²) < 4.78 is 11.1. The van der Waals surface area contributed by atoms with Crippen molar-refractivity contribution in [2.75, 3.05) is 79.0 Å². The van der Waals surface area contributed by atoms with Crippen molar-refractivity contribution >= 4 is 59.3 Å². The van der Waals surface area contributed by atoms with Gasteiger partial charge in [-0.15, -0.1) is 0 Å². The average Bonchev–Trinajstić information content (AvgIpc) is 3.47. The lowest BCUT2D eigenvalue weighted by Gasteiger charge is -2.26. The SMILES string of the molecule is O=C(/C=C/c1ccc(Sc2ccc(/C=C/C(=O)N3CCOCC3)c(-c3ccc4c(c3)CCOO4)c2Sc2ccc3c(c2)CCOO3)c(Sc2ccc3c(c2)CCOO3)c1-c1ccc2c(c1)CCOO2)N1CCOCC1. The molecule has 75 heavy (non-hydrogen) atoms. The molecule has 2 fully saturated rings. The van der Waals surface area contributed by atoms with Crippen LogP contribution in [0.1, 0.15) is 33.4 Å². The molecule has 0 aromatic heterocycles. The maximum absolute atomic E-state index is 13.8. The van der Waals surface area contributed by atoms with Gasteiger partial charge in [0, 0.05) is 127 Å². The van der Waals surface area contributed by atoms with E-state index < -0.39 is 0 Å². The third-order valence-corrected chi connectivity index (χ3v) is 17.2. The van der Waals surface area contributed by atoms with Crippen LogP contribution in [0.2, 0.25) is 0 Å². The smallest absolute Gasteiger partial charge is 0.246 e. The zero-order valence-corrected chi connectivity index (χ0v) is 43.3. The lowest BCUT2D eigenvalue weighted by molar-refractivity contribution is -0.215. The first-order chi connectivity index (χ1) is 37.0. The summed E-state index contributed by atoms with van der Waals surface area (Å²) in [6, 6.07) is 33.4. The van der Waals surface area contributed by atoms with E-state index in [1.54, 1.807) is 47.4 Å².